The highest BCUT2D eigenvalue weighted by molar-refractivity contribution is 9.10. The molecule has 0 spiro atoms. The van der Waals surface area contributed by atoms with Gasteiger partial charge in [-0.25, -0.2) is 0 Å². The van der Waals surface area contributed by atoms with E-state index in [9.17, 15) is 0 Å². The Hall–Kier alpha value is -0.380. The Morgan fingerprint density at radius 2 is 1.80 bits per heavy atom. The molecule has 0 bridgehead atoms. The quantitative estimate of drug-likeness (QED) is 0.828. The molecule has 1 aliphatic rings. The van der Waals surface area contributed by atoms with Crippen molar-refractivity contribution >= 4 is 15.9 Å². The van der Waals surface area contributed by atoms with Crippen LogP contribution in [-0.4, -0.2) is 18.2 Å². The lowest BCUT2D eigenvalue weighted by Gasteiger charge is -2.28. The number of ether oxygens (including phenoxy) is 1. The maximum atomic E-state index is 6.35. The molecule has 2 nitrogen and oxygen atoms in total. The van der Waals surface area contributed by atoms with Gasteiger partial charge in [0.05, 0.1) is 12.2 Å². The fraction of sp³-hybridized carbons (Fsp3) is 0.647. The van der Waals surface area contributed by atoms with E-state index in [4.69, 9.17) is 4.74 Å². The number of hydrogen-bond donors (Lipinski definition) is 1. The predicted molar refractivity (Wildman–Crippen MR) is 88.0 cm³/mol. The summed E-state index contributed by atoms with van der Waals surface area (Å²) in [6.45, 7) is 7.45. The summed E-state index contributed by atoms with van der Waals surface area (Å²) in [7, 11) is 0. The van der Waals surface area contributed by atoms with Gasteiger partial charge in [-0.2, -0.15) is 0 Å². The van der Waals surface area contributed by atoms with Crippen LogP contribution >= 0.6 is 15.9 Å². The lowest BCUT2D eigenvalue weighted by Crippen LogP contribution is -2.39. The zero-order valence-electron chi connectivity index (χ0n) is 12.8. The highest BCUT2D eigenvalue weighted by Gasteiger charge is 2.23. The van der Waals surface area contributed by atoms with Crippen molar-refractivity contribution in [2.75, 3.05) is 6.54 Å². The molecule has 112 valence electrons. The van der Waals surface area contributed by atoms with Crippen LogP contribution in [0, 0.1) is 0 Å². The van der Waals surface area contributed by atoms with Crippen LogP contribution in [-0.2, 0) is 4.74 Å². The minimum absolute atomic E-state index is 0.118. The fourth-order valence-electron chi connectivity index (χ4n) is 2.58. The lowest BCUT2D eigenvalue weighted by molar-refractivity contribution is -0.0114. The topological polar surface area (TPSA) is 21.3 Å². The van der Waals surface area contributed by atoms with Crippen LogP contribution < -0.4 is 5.32 Å². The largest absolute Gasteiger partial charge is 0.369 e. The van der Waals surface area contributed by atoms with Gasteiger partial charge in [-0.1, -0.05) is 40.9 Å². The first-order valence-electron chi connectivity index (χ1n) is 7.60. The summed E-state index contributed by atoms with van der Waals surface area (Å²) in [4.78, 5) is 0. The van der Waals surface area contributed by atoms with Crippen LogP contribution in [0.4, 0.5) is 0 Å². The van der Waals surface area contributed by atoms with Gasteiger partial charge in [0, 0.05) is 16.6 Å². The molecule has 1 N–H and O–H groups in total. The average molecular weight is 340 g/mol. The third-order valence-electron chi connectivity index (χ3n) is 3.72. The number of benzene rings is 1. The monoisotopic (exact) mass is 339 g/mol. The molecule has 1 unspecified atom stereocenters. The van der Waals surface area contributed by atoms with Gasteiger partial charge in [0.15, 0.2) is 0 Å². The molecule has 0 saturated heterocycles. The zero-order chi connectivity index (χ0) is 14.6. The van der Waals surface area contributed by atoms with Gasteiger partial charge in [0.25, 0.3) is 0 Å². The number of rotatable bonds is 5. The summed E-state index contributed by atoms with van der Waals surface area (Å²) in [6.07, 6.45) is 5.62. The highest BCUT2D eigenvalue weighted by Crippen LogP contribution is 2.28. The molecule has 0 aliphatic heterocycles. The molecule has 1 atom stereocenters. The van der Waals surface area contributed by atoms with E-state index in [0.29, 0.717) is 6.10 Å². The van der Waals surface area contributed by atoms with Gasteiger partial charge in [0.2, 0.25) is 0 Å². The second-order valence-corrected chi connectivity index (χ2v) is 7.63. The molecule has 0 heterocycles. The van der Waals surface area contributed by atoms with Crippen LogP contribution in [0.1, 0.15) is 58.1 Å². The standard InChI is InChI=1S/C17H26BrNO/c1-17(2,3)19-12-16(20-15-6-4-5-7-15)13-8-10-14(18)11-9-13/h8-11,15-16,19H,4-7,12H2,1-3H3. The SMILES string of the molecule is CC(C)(C)NCC(OC1CCCC1)c1ccc(Br)cc1. The van der Waals surface area contributed by atoms with E-state index in [-0.39, 0.29) is 11.6 Å². The summed E-state index contributed by atoms with van der Waals surface area (Å²) in [5.41, 5.74) is 1.38. The van der Waals surface area contributed by atoms with Crippen LogP contribution in [0.25, 0.3) is 0 Å². The number of nitrogens with one attached hydrogen (secondary N) is 1. The molecule has 2 rings (SSSR count). The summed E-state index contributed by atoms with van der Waals surface area (Å²) < 4.78 is 7.47. The first kappa shape index (κ1) is 16.0. The molecule has 1 fully saturated rings. The second-order valence-electron chi connectivity index (χ2n) is 6.71. The van der Waals surface area contributed by atoms with Crippen LogP contribution in [0.2, 0.25) is 0 Å². The molecule has 1 aromatic rings. The maximum Gasteiger partial charge on any atom is 0.0953 e. The summed E-state index contributed by atoms with van der Waals surface area (Å²) >= 11 is 3.50. The van der Waals surface area contributed by atoms with Gasteiger partial charge in [-0.3, -0.25) is 0 Å². The Labute approximate surface area is 131 Å². The van der Waals surface area contributed by atoms with Crippen molar-refractivity contribution in [2.45, 2.75) is 64.2 Å². The normalized spacial score (nSPS) is 18.4. The lowest BCUT2D eigenvalue weighted by atomic mass is 10.1. The van der Waals surface area contributed by atoms with E-state index < -0.39 is 0 Å². The molecular formula is C17H26BrNO. The van der Waals surface area contributed by atoms with Crippen molar-refractivity contribution in [1.29, 1.82) is 0 Å². The van der Waals surface area contributed by atoms with Crippen LogP contribution in [0.5, 0.6) is 0 Å². The van der Waals surface area contributed by atoms with Gasteiger partial charge in [0.1, 0.15) is 0 Å². The molecule has 0 amide bonds. The van der Waals surface area contributed by atoms with Crippen molar-refractivity contribution < 1.29 is 4.74 Å². The van der Waals surface area contributed by atoms with Crippen molar-refractivity contribution in [3.05, 3.63) is 34.3 Å². The van der Waals surface area contributed by atoms with Crippen molar-refractivity contribution in [3.63, 3.8) is 0 Å². The summed E-state index contributed by atoms with van der Waals surface area (Å²) in [5, 5.41) is 3.57. The van der Waals surface area contributed by atoms with Gasteiger partial charge < -0.3 is 10.1 Å². The molecule has 0 aromatic heterocycles. The van der Waals surface area contributed by atoms with E-state index in [1.807, 2.05) is 0 Å². The Bertz CT molecular complexity index is 404. The fourth-order valence-corrected chi connectivity index (χ4v) is 2.84. The van der Waals surface area contributed by atoms with E-state index >= 15 is 0 Å². The Balaban J connectivity index is 2.03. The van der Waals surface area contributed by atoms with Crippen LogP contribution in [0.15, 0.2) is 28.7 Å². The molecular weight excluding hydrogens is 314 g/mol. The maximum absolute atomic E-state index is 6.35. The molecule has 3 heteroatoms. The Morgan fingerprint density at radius 3 is 2.35 bits per heavy atom. The molecule has 0 radical (unpaired) electrons. The Kier molecular flexibility index (Phi) is 5.65. The Morgan fingerprint density at radius 1 is 1.20 bits per heavy atom. The second kappa shape index (κ2) is 7.06. The predicted octanol–water partition coefficient (Wildman–Crippen LogP) is 4.84. The number of hydrogen-bond acceptors (Lipinski definition) is 2. The smallest absolute Gasteiger partial charge is 0.0953 e. The molecule has 1 aromatic carbocycles. The zero-order valence-corrected chi connectivity index (χ0v) is 14.4. The van der Waals surface area contributed by atoms with Crippen molar-refractivity contribution in [1.82, 2.24) is 5.32 Å². The summed E-state index contributed by atoms with van der Waals surface area (Å²) in [5.74, 6) is 0. The van der Waals surface area contributed by atoms with E-state index in [0.717, 1.165) is 11.0 Å². The minimum atomic E-state index is 0.118. The van der Waals surface area contributed by atoms with Crippen LogP contribution in [0.3, 0.4) is 0 Å². The molecule has 1 aliphatic carbocycles. The molecule has 20 heavy (non-hydrogen) atoms. The van der Waals surface area contributed by atoms with Gasteiger partial charge in [-0.05, 0) is 51.3 Å². The van der Waals surface area contributed by atoms with E-state index in [2.05, 4.69) is 66.3 Å². The number of halogens is 1. The third kappa shape index (κ3) is 5.19. The van der Waals surface area contributed by atoms with Crippen molar-refractivity contribution in [3.8, 4) is 0 Å². The third-order valence-corrected chi connectivity index (χ3v) is 4.25. The minimum Gasteiger partial charge on any atom is -0.369 e. The first-order valence-corrected chi connectivity index (χ1v) is 8.39. The van der Waals surface area contributed by atoms with E-state index in [1.165, 1.54) is 31.2 Å². The van der Waals surface area contributed by atoms with Gasteiger partial charge in [-0.15, -0.1) is 0 Å². The average Bonchev–Trinajstić information content (AvgIpc) is 2.87. The van der Waals surface area contributed by atoms with Gasteiger partial charge >= 0.3 is 0 Å². The van der Waals surface area contributed by atoms with E-state index in [1.54, 1.807) is 0 Å². The highest BCUT2D eigenvalue weighted by atomic mass is 79.9. The first-order chi connectivity index (χ1) is 9.44. The van der Waals surface area contributed by atoms with Crippen molar-refractivity contribution in [2.24, 2.45) is 0 Å². The molecule has 1 saturated carbocycles. The summed E-state index contributed by atoms with van der Waals surface area (Å²) in [6, 6.07) is 8.51.